The molecule has 0 radical (unpaired) electrons. The lowest BCUT2D eigenvalue weighted by atomic mass is 9.76. The molecule has 2 aromatic carbocycles. The summed E-state index contributed by atoms with van der Waals surface area (Å²) < 4.78 is 0. The first kappa shape index (κ1) is 19.1. The third-order valence-corrected chi connectivity index (χ3v) is 5.30. The Morgan fingerprint density at radius 3 is 1.20 bits per heavy atom. The van der Waals surface area contributed by atoms with Crippen LogP contribution in [0, 0.1) is 5.92 Å². The van der Waals surface area contributed by atoms with Gasteiger partial charge in [-0.1, -0.05) is 6.92 Å². The van der Waals surface area contributed by atoms with Gasteiger partial charge in [-0.05, 0) is 36.4 Å². The zero-order chi connectivity index (χ0) is 21.9. The first-order chi connectivity index (χ1) is 14.1. The fourth-order valence-corrected chi connectivity index (χ4v) is 3.78. The Labute approximate surface area is 169 Å². The normalized spacial score (nSPS) is 15.7. The van der Waals surface area contributed by atoms with E-state index in [1.165, 1.54) is 6.92 Å². The topological polar surface area (TPSA) is 149 Å². The number of hydrogen-bond donors (Lipinski definition) is 4. The summed E-state index contributed by atoms with van der Waals surface area (Å²) >= 11 is 0. The standard InChI is InChI=1S/C22H14O8/c1-8(9-6-15(27)17-11(23)2-4-13(25)19(17)21(9)29)10-7-16(28)18-12(24)3-5-14(26)20(18)22(10)30/h2-8,23-26H,1H3. The van der Waals surface area contributed by atoms with Gasteiger partial charge in [0.15, 0.2) is 23.1 Å². The van der Waals surface area contributed by atoms with E-state index in [1.54, 1.807) is 0 Å². The molecule has 0 fully saturated rings. The fraction of sp³-hybridized carbons (Fsp3) is 0.0909. The summed E-state index contributed by atoms with van der Waals surface area (Å²) in [6, 6.07) is 4.30. The molecule has 0 aromatic heterocycles. The quantitative estimate of drug-likeness (QED) is 0.556. The maximum absolute atomic E-state index is 13.0. The average molecular weight is 406 g/mol. The number of hydrogen-bond acceptors (Lipinski definition) is 8. The van der Waals surface area contributed by atoms with E-state index in [0.717, 1.165) is 36.4 Å². The maximum Gasteiger partial charge on any atom is 0.194 e. The molecular weight excluding hydrogens is 392 g/mol. The molecule has 0 aliphatic heterocycles. The van der Waals surface area contributed by atoms with Gasteiger partial charge in [0.1, 0.15) is 23.0 Å². The van der Waals surface area contributed by atoms with Crippen molar-refractivity contribution >= 4 is 23.1 Å². The van der Waals surface area contributed by atoms with Crippen LogP contribution in [0.5, 0.6) is 23.0 Å². The van der Waals surface area contributed by atoms with Gasteiger partial charge < -0.3 is 20.4 Å². The Morgan fingerprint density at radius 2 is 0.867 bits per heavy atom. The number of Topliss-reactive ketones (excluding diaryl/α,β-unsaturated/α-hetero) is 2. The molecule has 4 N–H and O–H groups in total. The Kier molecular flexibility index (Phi) is 4.09. The third kappa shape index (κ3) is 2.54. The molecule has 2 aliphatic carbocycles. The van der Waals surface area contributed by atoms with Gasteiger partial charge in [-0.25, -0.2) is 0 Å². The Bertz CT molecular complexity index is 1160. The van der Waals surface area contributed by atoms with E-state index in [-0.39, 0.29) is 33.4 Å². The van der Waals surface area contributed by atoms with E-state index in [4.69, 9.17) is 0 Å². The zero-order valence-corrected chi connectivity index (χ0v) is 15.5. The minimum Gasteiger partial charge on any atom is -0.507 e. The maximum atomic E-state index is 13.0. The molecule has 0 heterocycles. The molecule has 0 saturated carbocycles. The number of phenolic OH excluding ortho intramolecular Hbond substituents is 4. The third-order valence-electron chi connectivity index (χ3n) is 5.30. The number of allylic oxidation sites excluding steroid dienone is 4. The lowest BCUT2D eigenvalue weighted by molar-refractivity contribution is 0.0956. The van der Waals surface area contributed by atoms with Gasteiger partial charge in [0.25, 0.3) is 0 Å². The highest BCUT2D eigenvalue weighted by Crippen LogP contribution is 2.41. The second kappa shape index (κ2) is 6.41. The van der Waals surface area contributed by atoms with Gasteiger partial charge in [0, 0.05) is 17.1 Å². The van der Waals surface area contributed by atoms with E-state index in [9.17, 15) is 39.6 Å². The summed E-state index contributed by atoms with van der Waals surface area (Å²) in [6.45, 7) is 1.42. The second-order valence-corrected chi connectivity index (χ2v) is 7.02. The molecule has 4 rings (SSSR count). The number of carbonyl (C=O) groups is 4. The van der Waals surface area contributed by atoms with Crippen LogP contribution in [0.2, 0.25) is 0 Å². The van der Waals surface area contributed by atoms with Crippen molar-refractivity contribution in [3.8, 4) is 23.0 Å². The van der Waals surface area contributed by atoms with Gasteiger partial charge >= 0.3 is 0 Å². The van der Waals surface area contributed by atoms with E-state index >= 15 is 0 Å². The predicted molar refractivity (Wildman–Crippen MR) is 102 cm³/mol. The van der Waals surface area contributed by atoms with E-state index < -0.39 is 52.0 Å². The predicted octanol–water partition coefficient (Wildman–Crippen LogP) is 2.46. The highest BCUT2D eigenvalue weighted by Gasteiger charge is 2.39. The van der Waals surface area contributed by atoms with Crippen LogP contribution in [0.1, 0.15) is 48.4 Å². The van der Waals surface area contributed by atoms with Crippen molar-refractivity contribution in [2.75, 3.05) is 0 Å². The van der Waals surface area contributed by atoms with Crippen molar-refractivity contribution in [1.29, 1.82) is 0 Å². The molecule has 2 aliphatic rings. The van der Waals surface area contributed by atoms with Crippen LogP contribution >= 0.6 is 0 Å². The monoisotopic (exact) mass is 406 g/mol. The van der Waals surface area contributed by atoms with Crippen molar-refractivity contribution in [3.63, 3.8) is 0 Å². The largest absolute Gasteiger partial charge is 0.507 e. The average Bonchev–Trinajstić information content (AvgIpc) is 2.70. The van der Waals surface area contributed by atoms with Gasteiger partial charge in [0.2, 0.25) is 0 Å². The lowest BCUT2D eigenvalue weighted by Gasteiger charge is -2.25. The smallest absolute Gasteiger partial charge is 0.194 e. The summed E-state index contributed by atoms with van der Waals surface area (Å²) in [5, 5.41) is 39.9. The first-order valence-corrected chi connectivity index (χ1v) is 8.84. The zero-order valence-electron chi connectivity index (χ0n) is 15.5. The highest BCUT2D eigenvalue weighted by atomic mass is 16.3. The molecular formula is C22H14O8. The summed E-state index contributed by atoms with van der Waals surface area (Å²) in [5.74, 6) is -6.05. The number of phenols is 4. The Balaban J connectivity index is 1.82. The van der Waals surface area contributed by atoms with Gasteiger partial charge in [-0.2, -0.15) is 0 Å². The van der Waals surface area contributed by atoms with Crippen molar-refractivity contribution < 1.29 is 39.6 Å². The number of fused-ring (bicyclic) bond motifs is 2. The van der Waals surface area contributed by atoms with Crippen LogP contribution < -0.4 is 0 Å². The van der Waals surface area contributed by atoms with Crippen molar-refractivity contribution in [2.45, 2.75) is 6.92 Å². The number of ketones is 4. The molecule has 0 amide bonds. The summed E-state index contributed by atoms with van der Waals surface area (Å²) in [5.41, 5.74) is -1.79. The van der Waals surface area contributed by atoms with Gasteiger partial charge in [0.05, 0.1) is 22.3 Å². The SMILES string of the molecule is CC(C1=CC(=O)c2c(O)ccc(O)c2C1=O)C1=CC(=O)c2c(O)ccc(O)c2C1=O. The van der Waals surface area contributed by atoms with Crippen molar-refractivity contribution in [2.24, 2.45) is 5.92 Å². The lowest BCUT2D eigenvalue weighted by Crippen LogP contribution is -2.27. The van der Waals surface area contributed by atoms with E-state index in [0.29, 0.717) is 0 Å². The van der Waals surface area contributed by atoms with Crippen molar-refractivity contribution in [3.05, 3.63) is 69.8 Å². The van der Waals surface area contributed by atoms with Gasteiger partial charge in [-0.3, -0.25) is 19.2 Å². The molecule has 0 unspecified atom stereocenters. The number of aromatic hydroxyl groups is 4. The summed E-state index contributed by atoms with van der Waals surface area (Å²) in [4.78, 5) is 50.9. The van der Waals surface area contributed by atoms with Crippen LogP contribution in [0.25, 0.3) is 0 Å². The molecule has 0 spiro atoms. The molecule has 0 saturated heterocycles. The number of rotatable bonds is 2. The van der Waals surface area contributed by atoms with Crippen LogP contribution in [0.3, 0.4) is 0 Å². The number of carbonyl (C=O) groups excluding carboxylic acids is 4. The van der Waals surface area contributed by atoms with E-state index in [1.807, 2.05) is 0 Å². The second-order valence-electron chi connectivity index (χ2n) is 7.02. The Morgan fingerprint density at radius 1 is 0.567 bits per heavy atom. The van der Waals surface area contributed by atoms with E-state index in [2.05, 4.69) is 0 Å². The molecule has 30 heavy (non-hydrogen) atoms. The molecule has 0 bridgehead atoms. The molecule has 0 atom stereocenters. The van der Waals surface area contributed by atoms with Crippen LogP contribution in [-0.2, 0) is 0 Å². The van der Waals surface area contributed by atoms with Gasteiger partial charge in [-0.15, -0.1) is 0 Å². The van der Waals surface area contributed by atoms with Crippen LogP contribution in [0.15, 0.2) is 47.6 Å². The number of benzene rings is 2. The summed E-state index contributed by atoms with van der Waals surface area (Å²) in [6.07, 6.45) is 1.90. The van der Waals surface area contributed by atoms with Crippen LogP contribution in [-0.4, -0.2) is 43.6 Å². The van der Waals surface area contributed by atoms with Crippen molar-refractivity contribution in [1.82, 2.24) is 0 Å². The van der Waals surface area contributed by atoms with Crippen LogP contribution in [0.4, 0.5) is 0 Å². The highest BCUT2D eigenvalue weighted by molar-refractivity contribution is 6.30. The minimum absolute atomic E-state index is 0.163. The molecule has 8 nitrogen and oxygen atoms in total. The molecule has 2 aromatic rings. The molecule has 8 heteroatoms. The first-order valence-electron chi connectivity index (χ1n) is 8.84. The fourth-order valence-electron chi connectivity index (χ4n) is 3.78. The Hall–Kier alpha value is -4.20. The summed E-state index contributed by atoms with van der Waals surface area (Å²) in [7, 11) is 0. The minimum atomic E-state index is -1.05. The molecule has 150 valence electrons.